The number of benzene rings is 1. The highest BCUT2D eigenvalue weighted by atomic mass is 19.4. The lowest BCUT2D eigenvalue weighted by Gasteiger charge is -2.44. The van der Waals surface area contributed by atoms with Gasteiger partial charge in [-0.15, -0.1) is 0 Å². The summed E-state index contributed by atoms with van der Waals surface area (Å²) in [6.07, 6.45) is -4.37. The number of amides is 1. The molecule has 0 radical (unpaired) electrons. The van der Waals surface area contributed by atoms with Crippen molar-refractivity contribution in [3.63, 3.8) is 0 Å². The number of likely N-dealkylation sites (tertiary alicyclic amines) is 1. The molecule has 140 valence electrons. The summed E-state index contributed by atoms with van der Waals surface area (Å²) in [5, 5.41) is 3.90. The molecular formula is C19H21F3N2O2. The van der Waals surface area contributed by atoms with Crippen LogP contribution in [-0.4, -0.2) is 35.2 Å². The summed E-state index contributed by atoms with van der Waals surface area (Å²) >= 11 is 0. The van der Waals surface area contributed by atoms with Gasteiger partial charge in [-0.2, -0.15) is 13.2 Å². The maximum Gasteiger partial charge on any atom is 0.392 e. The first kappa shape index (κ1) is 18.5. The SMILES string of the molecule is Cc1noc(-c2ccccc2)c1C(=O)N1CCC(C(F)(F)F)C(C)(C)C1. The van der Waals surface area contributed by atoms with E-state index in [0.29, 0.717) is 22.6 Å². The van der Waals surface area contributed by atoms with E-state index in [1.807, 2.05) is 18.2 Å². The molecule has 2 heterocycles. The maximum absolute atomic E-state index is 13.3. The minimum absolute atomic E-state index is 0.0366. The number of carbonyl (C=O) groups excluding carboxylic acids is 1. The van der Waals surface area contributed by atoms with E-state index in [1.54, 1.807) is 32.9 Å². The Kier molecular flexibility index (Phi) is 4.58. The van der Waals surface area contributed by atoms with Crippen molar-refractivity contribution in [2.24, 2.45) is 11.3 Å². The van der Waals surface area contributed by atoms with E-state index >= 15 is 0 Å². The van der Waals surface area contributed by atoms with Crippen molar-refractivity contribution in [3.8, 4) is 11.3 Å². The van der Waals surface area contributed by atoms with Gasteiger partial charge in [-0.3, -0.25) is 4.79 Å². The Labute approximate surface area is 150 Å². The molecule has 1 saturated heterocycles. The lowest BCUT2D eigenvalue weighted by atomic mass is 9.73. The first-order valence-corrected chi connectivity index (χ1v) is 8.49. The molecule has 1 unspecified atom stereocenters. The van der Waals surface area contributed by atoms with Crippen LogP contribution in [0.3, 0.4) is 0 Å². The van der Waals surface area contributed by atoms with Gasteiger partial charge in [0.15, 0.2) is 5.76 Å². The third kappa shape index (κ3) is 3.34. The van der Waals surface area contributed by atoms with Gasteiger partial charge in [0.1, 0.15) is 5.56 Å². The van der Waals surface area contributed by atoms with E-state index < -0.39 is 17.5 Å². The number of hydrogen-bond acceptors (Lipinski definition) is 3. The predicted octanol–water partition coefficient (Wildman–Crippen LogP) is 4.70. The number of nitrogens with zero attached hydrogens (tertiary/aromatic N) is 2. The minimum Gasteiger partial charge on any atom is -0.355 e. The van der Waals surface area contributed by atoms with E-state index in [1.165, 1.54) is 4.90 Å². The Hall–Kier alpha value is -2.31. The van der Waals surface area contributed by atoms with Crippen LogP contribution in [0.5, 0.6) is 0 Å². The highest BCUT2D eigenvalue weighted by Gasteiger charge is 2.52. The summed E-state index contributed by atoms with van der Waals surface area (Å²) in [6, 6.07) is 9.09. The summed E-state index contributed by atoms with van der Waals surface area (Å²) in [5.74, 6) is -1.41. The van der Waals surface area contributed by atoms with Crippen LogP contribution in [0, 0.1) is 18.3 Å². The highest BCUT2D eigenvalue weighted by molar-refractivity contribution is 6.00. The van der Waals surface area contributed by atoms with E-state index in [4.69, 9.17) is 4.52 Å². The summed E-state index contributed by atoms with van der Waals surface area (Å²) < 4.78 is 45.1. The van der Waals surface area contributed by atoms with Gasteiger partial charge >= 0.3 is 6.18 Å². The Morgan fingerprint density at radius 1 is 1.27 bits per heavy atom. The van der Waals surface area contributed by atoms with Crippen LogP contribution in [0.2, 0.25) is 0 Å². The molecule has 0 bridgehead atoms. The molecule has 1 aliphatic heterocycles. The minimum atomic E-state index is -4.26. The Morgan fingerprint density at radius 3 is 2.50 bits per heavy atom. The number of rotatable bonds is 2. The molecule has 0 aliphatic carbocycles. The van der Waals surface area contributed by atoms with Crippen molar-refractivity contribution in [1.82, 2.24) is 10.1 Å². The van der Waals surface area contributed by atoms with E-state index in [9.17, 15) is 18.0 Å². The zero-order valence-electron chi connectivity index (χ0n) is 14.9. The van der Waals surface area contributed by atoms with Crippen LogP contribution in [0.15, 0.2) is 34.9 Å². The molecule has 1 amide bonds. The predicted molar refractivity (Wildman–Crippen MR) is 90.5 cm³/mol. The fourth-order valence-electron chi connectivity index (χ4n) is 3.70. The molecular weight excluding hydrogens is 345 g/mol. The van der Waals surface area contributed by atoms with Gasteiger partial charge in [-0.1, -0.05) is 49.3 Å². The van der Waals surface area contributed by atoms with Gasteiger partial charge < -0.3 is 9.42 Å². The Balaban J connectivity index is 1.89. The summed E-state index contributed by atoms with van der Waals surface area (Å²) in [6.45, 7) is 4.88. The van der Waals surface area contributed by atoms with Crippen LogP contribution >= 0.6 is 0 Å². The average Bonchev–Trinajstić information content (AvgIpc) is 2.94. The number of halogens is 3. The molecule has 26 heavy (non-hydrogen) atoms. The molecule has 1 atom stereocenters. The van der Waals surface area contributed by atoms with Crippen molar-refractivity contribution >= 4 is 5.91 Å². The van der Waals surface area contributed by atoms with Gasteiger partial charge in [0.25, 0.3) is 5.91 Å². The molecule has 4 nitrogen and oxygen atoms in total. The molecule has 7 heteroatoms. The lowest BCUT2D eigenvalue weighted by molar-refractivity contribution is -0.214. The van der Waals surface area contributed by atoms with Crippen LogP contribution < -0.4 is 0 Å². The number of piperidine rings is 1. The number of alkyl halides is 3. The first-order chi connectivity index (χ1) is 12.1. The second-order valence-corrected chi connectivity index (χ2v) is 7.44. The number of aromatic nitrogens is 1. The van der Waals surface area contributed by atoms with Crippen LogP contribution in [-0.2, 0) is 0 Å². The molecule has 2 aromatic rings. The van der Waals surface area contributed by atoms with Gasteiger partial charge in [-0.05, 0) is 18.8 Å². The monoisotopic (exact) mass is 366 g/mol. The number of aryl methyl sites for hydroxylation is 1. The normalized spacial score (nSPS) is 20.2. The summed E-state index contributed by atoms with van der Waals surface area (Å²) in [5.41, 5.74) is 0.410. The topological polar surface area (TPSA) is 46.3 Å². The van der Waals surface area contributed by atoms with Gasteiger partial charge in [-0.25, -0.2) is 0 Å². The zero-order valence-corrected chi connectivity index (χ0v) is 14.9. The lowest BCUT2D eigenvalue weighted by Crippen LogP contribution is -2.52. The van der Waals surface area contributed by atoms with Crippen LogP contribution in [0.4, 0.5) is 13.2 Å². The molecule has 0 N–H and O–H groups in total. The third-order valence-corrected chi connectivity index (χ3v) is 5.02. The Bertz CT molecular complexity index is 797. The van der Waals surface area contributed by atoms with Crippen molar-refractivity contribution in [2.75, 3.05) is 13.1 Å². The van der Waals surface area contributed by atoms with Crippen LogP contribution in [0.25, 0.3) is 11.3 Å². The third-order valence-electron chi connectivity index (χ3n) is 5.02. The maximum atomic E-state index is 13.3. The van der Waals surface area contributed by atoms with Crippen molar-refractivity contribution < 1.29 is 22.5 Å². The second kappa shape index (κ2) is 6.45. The van der Waals surface area contributed by atoms with Crippen LogP contribution in [0.1, 0.15) is 36.3 Å². The molecule has 0 saturated carbocycles. The smallest absolute Gasteiger partial charge is 0.355 e. The standard InChI is InChI=1S/C19H21F3N2O2/c1-12-15(16(26-23-12)13-7-5-4-6-8-13)17(25)24-10-9-14(19(20,21)22)18(2,3)11-24/h4-8,14H,9-11H2,1-3H3. The Morgan fingerprint density at radius 2 is 1.92 bits per heavy atom. The molecule has 1 aromatic heterocycles. The summed E-state index contributed by atoms with van der Waals surface area (Å²) in [4.78, 5) is 14.5. The fourth-order valence-corrected chi connectivity index (χ4v) is 3.70. The molecule has 1 fully saturated rings. The van der Waals surface area contributed by atoms with E-state index in [2.05, 4.69) is 5.16 Å². The molecule has 1 aliphatic rings. The van der Waals surface area contributed by atoms with Gasteiger partial charge in [0.2, 0.25) is 0 Å². The zero-order chi connectivity index (χ0) is 19.1. The first-order valence-electron chi connectivity index (χ1n) is 8.49. The largest absolute Gasteiger partial charge is 0.392 e. The van der Waals surface area contributed by atoms with E-state index in [-0.39, 0.29) is 25.4 Å². The van der Waals surface area contributed by atoms with Gasteiger partial charge in [0, 0.05) is 18.7 Å². The van der Waals surface area contributed by atoms with Crippen molar-refractivity contribution in [3.05, 3.63) is 41.6 Å². The van der Waals surface area contributed by atoms with Gasteiger partial charge in [0.05, 0.1) is 11.6 Å². The van der Waals surface area contributed by atoms with E-state index in [0.717, 1.165) is 0 Å². The molecule has 0 spiro atoms. The second-order valence-electron chi connectivity index (χ2n) is 7.44. The van der Waals surface area contributed by atoms with Crippen molar-refractivity contribution in [2.45, 2.75) is 33.4 Å². The average molecular weight is 366 g/mol. The molecule has 1 aromatic carbocycles. The highest BCUT2D eigenvalue weighted by Crippen LogP contribution is 2.45. The fraction of sp³-hybridized carbons (Fsp3) is 0.474. The van der Waals surface area contributed by atoms with Crippen molar-refractivity contribution in [1.29, 1.82) is 0 Å². The number of hydrogen-bond donors (Lipinski definition) is 0. The number of carbonyl (C=O) groups is 1. The quantitative estimate of drug-likeness (QED) is 0.774. The summed E-state index contributed by atoms with van der Waals surface area (Å²) in [7, 11) is 0. The molecule has 3 rings (SSSR count).